The third-order valence-corrected chi connectivity index (χ3v) is 3.66. The maximum Gasteiger partial charge on any atom is 0.286 e. The van der Waals surface area contributed by atoms with E-state index >= 15 is 0 Å². The quantitative estimate of drug-likeness (QED) is 0.355. The Hall–Kier alpha value is -0.760. The maximum absolute atomic E-state index is 11.2. The monoisotopic (exact) mass is 195 g/mol. The van der Waals surface area contributed by atoms with Gasteiger partial charge in [0.1, 0.15) is 0 Å². The molecule has 0 N–H and O–H groups in total. The Balaban J connectivity index is 2.22. The zero-order valence-electron chi connectivity index (χ0n) is 7.16. The number of rotatable bonds is 0. The van der Waals surface area contributed by atoms with Crippen LogP contribution in [-0.2, 0) is 0 Å². The first-order valence-electron chi connectivity index (χ1n) is 4.68. The van der Waals surface area contributed by atoms with Crippen LogP contribution in [-0.4, -0.2) is 0 Å². The summed E-state index contributed by atoms with van der Waals surface area (Å²) in [6.45, 7) is 0. The summed E-state index contributed by atoms with van der Waals surface area (Å²) in [4.78, 5) is 0. The molecule has 0 amide bonds. The molecule has 68 valence electrons. The van der Waals surface area contributed by atoms with Gasteiger partial charge in [-0.2, -0.15) is 4.73 Å². The molecule has 3 rings (SSSR count). The lowest BCUT2D eigenvalue weighted by Gasteiger charge is -2.13. The number of hydrogen-bond donors (Lipinski definition) is 0. The number of halogens is 1. The van der Waals surface area contributed by atoms with Crippen molar-refractivity contribution in [3.8, 4) is 0 Å². The molecule has 2 aliphatic carbocycles. The molecule has 2 nitrogen and oxygen atoms in total. The van der Waals surface area contributed by atoms with Crippen LogP contribution in [0.2, 0.25) is 5.15 Å². The second-order valence-electron chi connectivity index (χ2n) is 4.04. The Morgan fingerprint density at radius 2 is 2.00 bits per heavy atom. The van der Waals surface area contributed by atoms with Crippen molar-refractivity contribution in [3.63, 3.8) is 0 Å². The van der Waals surface area contributed by atoms with Gasteiger partial charge in [0.25, 0.3) is 5.15 Å². The molecule has 0 aliphatic heterocycles. The molecule has 0 saturated heterocycles. The molecule has 1 saturated carbocycles. The Morgan fingerprint density at radius 3 is 2.77 bits per heavy atom. The molecule has 2 atom stereocenters. The molecule has 13 heavy (non-hydrogen) atoms. The van der Waals surface area contributed by atoms with Gasteiger partial charge in [-0.3, -0.25) is 0 Å². The Bertz CT molecular complexity index is 342. The van der Waals surface area contributed by atoms with Crippen molar-refractivity contribution < 1.29 is 4.73 Å². The highest BCUT2D eigenvalue weighted by Crippen LogP contribution is 2.52. The van der Waals surface area contributed by atoms with Crippen molar-refractivity contribution in [1.82, 2.24) is 0 Å². The molecule has 2 bridgehead atoms. The van der Waals surface area contributed by atoms with E-state index in [4.69, 9.17) is 11.6 Å². The lowest BCUT2D eigenvalue weighted by atomic mass is 9.94. The van der Waals surface area contributed by atoms with Gasteiger partial charge in [0.15, 0.2) is 6.20 Å². The number of fused-ring (bicyclic) bond motifs is 5. The van der Waals surface area contributed by atoms with Crippen LogP contribution in [0, 0.1) is 5.21 Å². The largest absolute Gasteiger partial charge is 0.618 e. The van der Waals surface area contributed by atoms with Gasteiger partial charge in [0.2, 0.25) is 0 Å². The summed E-state index contributed by atoms with van der Waals surface area (Å²) < 4.78 is 0.779. The van der Waals surface area contributed by atoms with Crippen molar-refractivity contribution in [2.75, 3.05) is 0 Å². The van der Waals surface area contributed by atoms with Gasteiger partial charge in [-0.15, -0.1) is 0 Å². The zero-order chi connectivity index (χ0) is 9.00. The van der Waals surface area contributed by atoms with Crippen molar-refractivity contribution in [3.05, 3.63) is 33.8 Å². The fourth-order valence-electron chi connectivity index (χ4n) is 2.78. The first-order chi connectivity index (χ1) is 6.25. The van der Waals surface area contributed by atoms with Gasteiger partial charge in [0.05, 0.1) is 0 Å². The Kier molecular flexibility index (Phi) is 1.40. The van der Waals surface area contributed by atoms with Crippen LogP contribution in [0.5, 0.6) is 0 Å². The van der Waals surface area contributed by atoms with Gasteiger partial charge in [0, 0.05) is 11.6 Å². The highest BCUT2D eigenvalue weighted by molar-refractivity contribution is 6.28. The lowest BCUT2D eigenvalue weighted by Crippen LogP contribution is -2.28. The summed E-state index contributed by atoms with van der Waals surface area (Å²) in [5.74, 6) is 1.32. The highest BCUT2D eigenvalue weighted by Gasteiger charge is 2.38. The summed E-state index contributed by atoms with van der Waals surface area (Å²) >= 11 is 5.78. The van der Waals surface area contributed by atoms with Gasteiger partial charge in [-0.25, -0.2) is 0 Å². The van der Waals surface area contributed by atoms with Crippen LogP contribution in [0.25, 0.3) is 0 Å². The summed E-state index contributed by atoms with van der Waals surface area (Å²) in [6, 6.07) is 1.85. The Morgan fingerprint density at radius 1 is 1.31 bits per heavy atom. The molecule has 1 aromatic rings. The minimum Gasteiger partial charge on any atom is -0.618 e. The van der Waals surface area contributed by atoms with E-state index in [1.807, 2.05) is 6.07 Å². The van der Waals surface area contributed by atoms with Crippen molar-refractivity contribution in [2.45, 2.75) is 31.1 Å². The Labute approximate surface area is 81.7 Å². The van der Waals surface area contributed by atoms with Gasteiger partial charge >= 0.3 is 0 Å². The molecule has 2 aliphatic rings. The molecular weight excluding hydrogens is 186 g/mol. The maximum atomic E-state index is 11.2. The van der Waals surface area contributed by atoms with Crippen LogP contribution in [0.4, 0.5) is 0 Å². The molecule has 0 aromatic carbocycles. The van der Waals surface area contributed by atoms with E-state index in [-0.39, 0.29) is 0 Å². The molecule has 1 heterocycles. The van der Waals surface area contributed by atoms with Crippen LogP contribution < -0.4 is 4.73 Å². The zero-order valence-corrected chi connectivity index (χ0v) is 7.92. The normalized spacial score (nSPS) is 29.3. The number of nitrogens with zero attached hydrogens (tertiary/aromatic N) is 1. The first kappa shape index (κ1) is 7.63. The molecule has 2 unspecified atom stereocenters. The van der Waals surface area contributed by atoms with E-state index in [1.54, 1.807) is 6.20 Å². The van der Waals surface area contributed by atoms with Crippen molar-refractivity contribution >= 4 is 11.6 Å². The van der Waals surface area contributed by atoms with Crippen LogP contribution in [0.1, 0.15) is 42.2 Å². The van der Waals surface area contributed by atoms with Crippen LogP contribution in [0.3, 0.4) is 0 Å². The average molecular weight is 196 g/mol. The number of hydrogen-bond acceptors (Lipinski definition) is 1. The topological polar surface area (TPSA) is 26.9 Å². The van der Waals surface area contributed by atoms with E-state index in [0.29, 0.717) is 17.0 Å². The fourth-order valence-corrected chi connectivity index (χ4v) is 2.95. The minimum absolute atomic E-state index is 0.311. The van der Waals surface area contributed by atoms with Gasteiger partial charge in [-0.05, 0) is 48.3 Å². The summed E-state index contributed by atoms with van der Waals surface area (Å²) in [7, 11) is 0. The lowest BCUT2D eigenvalue weighted by molar-refractivity contribution is -0.603. The van der Waals surface area contributed by atoms with Crippen LogP contribution in [0.15, 0.2) is 12.3 Å². The molecule has 0 radical (unpaired) electrons. The number of aromatic nitrogens is 1. The van der Waals surface area contributed by atoms with Crippen LogP contribution >= 0.6 is 11.6 Å². The fraction of sp³-hybridized carbons (Fsp3) is 0.500. The molecular formula is C10H10ClNO. The standard InChI is InChI=1S/C10H10ClNO/c11-10-4-8-6-1-2-7(3-6)9(8)5-12(10)13/h4-7H,1-3H2. The predicted octanol–water partition coefficient (Wildman–Crippen LogP) is 2.34. The molecule has 1 fully saturated rings. The smallest absolute Gasteiger partial charge is 0.286 e. The van der Waals surface area contributed by atoms with Gasteiger partial charge in [-0.1, -0.05) is 0 Å². The molecule has 1 aromatic heterocycles. The molecule has 3 heteroatoms. The van der Waals surface area contributed by atoms with Crippen molar-refractivity contribution in [2.24, 2.45) is 0 Å². The van der Waals surface area contributed by atoms with E-state index in [2.05, 4.69) is 0 Å². The SMILES string of the molecule is [O-][n+]1cc2c(cc1Cl)C1CCC2C1. The average Bonchev–Trinajstić information content (AvgIpc) is 2.67. The van der Waals surface area contributed by atoms with Gasteiger partial charge < -0.3 is 5.21 Å². The third-order valence-electron chi connectivity index (χ3n) is 3.39. The second-order valence-corrected chi connectivity index (χ2v) is 4.43. The predicted molar refractivity (Wildman–Crippen MR) is 49.7 cm³/mol. The van der Waals surface area contributed by atoms with E-state index in [9.17, 15) is 5.21 Å². The summed E-state index contributed by atoms with van der Waals surface area (Å²) in [5, 5.41) is 11.6. The molecule has 0 spiro atoms. The second kappa shape index (κ2) is 2.38. The third kappa shape index (κ3) is 0.923. The van der Waals surface area contributed by atoms with E-state index in [0.717, 1.165) is 4.73 Å². The first-order valence-corrected chi connectivity index (χ1v) is 5.06. The summed E-state index contributed by atoms with van der Waals surface area (Å²) in [6.07, 6.45) is 5.42. The highest BCUT2D eigenvalue weighted by atomic mass is 35.5. The summed E-state index contributed by atoms with van der Waals surface area (Å²) in [5.41, 5.74) is 2.57. The van der Waals surface area contributed by atoms with Crippen molar-refractivity contribution in [1.29, 1.82) is 0 Å². The van der Waals surface area contributed by atoms with E-state index in [1.165, 1.54) is 30.4 Å². The van der Waals surface area contributed by atoms with E-state index < -0.39 is 0 Å². The minimum atomic E-state index is 0.311. The number of pyridine rings is 1.